The molecular weight excluding hydrogens is 287 g/mol. The van der Waals surface area contributed by atoms with Gasteiger partial charge in [-0.25, -0.2) is 0 Å². The first-order valence-corrected chi connectivity index (χ1v) is 6.97. The van der Waals surface area contributed by atoms with E-state index in [0.717, 1.165) is 42.5 Å². The smallest absolute Gasteiger partial charge is 0.119 e. The predicted molar refractivity (Wildman–Crippen MR) is 73.4 cm³/mol. The van der Waals surface area contributed by atoms with Gasteiger partial charge in [-0.2, -0.15) is 0 Å². The minimum absolute atomic E-state index is 0.304. The first kappa shape index (κ1) is 13.9. The normalized spacial score (nSPS) is 12.4. The molecule has 0 aromatic heterocycles. The summed E-state index contributed by atoms with van der Waals surface area (Å²) in [6, 6.07) is 7.90. The van der Waals surface area contributed by atoms with Crippen molar-refractivity contribution in [3.8, 4) is 5.75 Å². The molecule has 0 aliphatic heterocycles. The average molecular weight is 306 g/mol. The van der Waals surface area contributed by atoms with Crippen LogP contribution in [0.4, 0.5) is 0 Å². The van der Waals surface area contributed by atoms with Crippen molar-refractivity contribution in [3.63, 3.8) is 0 Å². The largest absolute Gasteiger partial charge is 0.494 e. The third-order valence-corrected chi connectivity index (χ3v) is 3.31. The number of alkyl halides is 1. The molecule has 1 nitrogen and oxygen atoms in total. The van der Waals surface area contributed by atoms with Crippen molar-refractivity contribution in [3.05, 3.63) is 28.7 Å². The fourth-order valence-corrected chi connectivity index (χ4v) is 2.12. The van der Waals surface area contributed by atoms with Crippen molar-refractivity contribution in [1.29, 1.82) is 0 Å². The highest BCUT2D eigenvalue weighted by Gasteiger charge is 2.02. The number of halogens is 2. The van der Waals surface area contributed by atoms with Gasteiger partial charge in [0.15, 0.2) is 0 Å². The van der Waals surface area contributed by atoms with E-state index >= 15 is 0 Å². The summed E-state index contributed by atoms with van der Waals surface area (Å²) in [5.74, 6) is 0.921. The molecule has 0 N–H and O–H groups in total. The lowest BCUT2D eigenvalue weighted by Crippen LogP contribution is -2.03. The van der Waals surface area contributed by atoms with Crippen LogP contribution in [0.5, 0.6) is 5.75 Å². The van der Waals surface area contributed by atoms with E-state index in [9.17, 15) is 0 Å². The minimum atomic E-state index is 0.304. The standard InChI is InChI=1S/C13H18BrClO/c1-2-4-12(15)5-3-10-16-13-8-6-11(14)7-9-13/h6-9,12H,2-5,10H2,1H3. The fraction of sp³-hybridized carbons (Fsp3) is 0.538. The second kappa shape index (κ2) is 7.97. The molecule has 0 spiro atoms. The molecule has 0 saturated carbocycles. The Morgan fingerprint density at radius 1 is 1.25 bits per heavy atom. The summed E-state index contributed by atoms with van der Waals surface area (Å²) in [4.78, 5) is 0. The van der Waals surface area contributed by atoms with Gasteiger partial charge in [-0.05, 0) is 43.5 Å². The number of benzene rings is 1. The van der Waals surface area contributed by atoms with E-state index in [-0.39, 0.29) is 0 Å². The quantitative estimate of drug-likeness (QED) is 0.508. The zero-order valence-electron chi connectivity index (χ0n) is 9.59. The second-order valence-electron chi connectivity index (χ2n) is 3.83. The third kappa shape index (κ3) is 5.76. The van der Waals surface area contributed by atoms with Gasteiger partial charge in [0.1, 0.15) is 5.75 Å². The Kier molecular flexibility index (Phi) is 6.90. The molecule has 1 atom stereocenters. The van der Waals surface area contributed by atoms with Crippen molar-refractivity contribution in [2.75, 3.05) is 6.61 Å². The topological polar surface area (TPSA) is 9.23 Å². The van der Waals surface area contributed by atoms with Gasteiger partial charge in [0.25, 0.3) is 0 Å². The van der Waals surface area contributed by atoms with E-state index in [4.69, 9.17) is 16.3 Å². The van der Waals surface area contributed by atoms with Crippen LogP contribution in [0.1, 0.15) is 32.6 Å². The molecule has 0 amide bonds. The summed E-state index contributed by atoms with van der Waals surface area (Å²) in [7, 11) is 0. The lowest BCUT2D eigenvalue weighted by atomic mass is 10.1. The molecule has 0 bridgehead atoms. The maximum Gasteiger partial charge on any atom is 0.119 e. The number of hydrogen-bond acceptors (Lipinski definition) is 1. The van der Waals surface area contributed by atoms with E-state index in [1.807, 2.05) is 24.3 Å². The molecule has 0 aliphatic rings. The summed E-state index contributed by atoms with van der Waals surface area (Å²) in [6.45, 7) is 2.91. The number of ether oxygens (including phenoxy) is 1. The van der Waals surface area contributed by atoms with Crippen molar-refractivity contribution in [2.24, 2.45) is 0 Å². The molecule has 1 unspecified atom stereocenters. The third-order valence-electron chi connectivity index (χ3n) is 2.35. The highest BCUT2D eigenvalue weighted by molar-refractivity contribution is 9.10. The summed E-state index contributed by atoms with van der Waals surface area (Å²) >= 11 is 9.51. The molecule has 0 aliphatic carbocycles. The molecule has 90 valence electrons. The van der Waals surface area contributed by atoms with Gasteiger partial charge < -0.3 is 4.74 Å². The van der Waals surface area contributed by atoms with Crippen molar-refractivity contribution in [1.82, 2.24) is 0 Å². The van der Waals surface area contributed by atoms with Crippen molar-refractivity contribution < 1.29 is 4.74 Å². The van der Waals surface area contributed by atoms with Crippen LogP contribution in [0, 0.1) is 0 Å². The van der Waals surface area contributed by atoms with Gasteiger partial charge >= 0.3 is 0 Å². The van der Waals surface area contributed by atoms with Crippen LogP contribution in [0.3, 0.4) is 0 Å². The van der Waals surface area contributed by atoms with Crippen LogP contribution in [0.2, 0.25) is 0 Å². The van der Waals surface area contributed by atoms with Gasteiger partial charge in [0.2, 0.25) is 0 Å². The Balaban J connectivity index is 2.13. The number of hydrogen-bond donors (Lipinski definition) is 0. The molecule has 0 fully saturated rings. The van der Waals surface area contributed by atoms with E-state index in [1.54, 1.807) is 0 Å². The maximum absolute atomic E-state index is 6.12. The molecular formula is C13H18BrClO. The van der Waals surface area contributed by atoms with Gasteiger partial charge in [0, 0.05) is 9.85 Å². The van der Waals surface area contributed by atoms with Crippen molar-refractivity contribution in [2.45, 2.75) is 38.0 Å². The molecule has 3 heteroatoms. The maximum atomic E-state index is 6.12. The average Bonchev–Trinajstić information content (AvgIpc) is 2.27. The Morgan fingerprint density at radius 2 is 1.94 bits per heavy atom. The SMILES string of the molecule is CCCC(Cl)CCCOc1ccc(Br)cc1. The van der Waals surface area contributed by atoms with Crippen LogP contribution in [0.15, 0.2) is 28.7 Å². The van der Waals surface area contributed by atoms with Crippen LogP contribution >= 0.6 is 27.5 Å². The van der Waals surface area contributed by atoms with E-state index in [2.05, 4.69) is 22.9 Å². The predicted octanol–water partition coefficient (Wildman–Crippen LogP) is 5.02. The Labute approximate surface area is 111 Å². The van der Waals surface area contributed by atoms with Gasteiger partial charge in [0.05, 0.1) is 6.61 Å². The summed E-state index contributed by atoms with van der Waals surface area (Å²) in [6.07, 6.45) is 4.30. The minimum Gasteiger partial charge on any atom is -0.494 e. The highest BCUT2D eigenvalue weighted by Crippen LogP contribution is 2.17. The molecule has 0 saturated heterocycles. The first-order valence-electron chi connectivity index (χ1n) is 5.74. The molecule has 1 rings (SSSR count). The highest BCUT2D eigenvalue weighted by atomic mass is 79.9. The Hall–Kier alpha value is -0.210. The van der Waals surface area contributed by atoms with Gasteiger partial charge in [-0.1, -0.05) is 29.3 Å². The lowest BCUT2D eigenvalue weighted by molar-refractivity contribution is 0.305. The molecule has 0 radical (unpaired) electrons. The first-order chi connectivity index (χ1) is 7.72. The van der Waals surface area contributed by atoms with Crippen LogP contribution in [-0.4, -0.2) is 12.0 Å². The van der Waals surface area contributed by atoms with E-state index < -0.39 is 0 Å². The molecule has 1 aromatic rings. The van der Waals surface area contributed by atoms with Crippen LogP contribution in [-0.2, 0) is 0 Å². The van der Waals surface area contributed by atoms with E-state index in [0.29, 0.717) is 5.38 Å². The summed E-state index contributed by atoms with van der Waals surface area (Å²) < 4.78 is 6.68. The zero-order valence-corrected chi connectivity index (χ0v) is 11.9. The number of rotatable bonds is 7. The molecule has 0 heterocycles. The second-order valence-corrected chi connectivity index (χ2v) is 5.36. The molecule has 16 heavy (non-hydrogen) atoms. The van der Waals surface area contributed by atoms with Crippen LogP contribution < -0.4 is 4.74 Å². The van der Waals surface area contributed by atoms with Crippen LogP contribution in [0.25, 0.3) is 0 Å². The molecule has 1 aromatic carbocycles. The zero-order chi connectivity index (χ0) is 11.8. The summed E-state index contributed by atoms with van der Waals surface area (Å²) in [5, 5.41) is 0.304. The fourth-order valence-electron chi connectivity index (χ4n) is 1.48. The van der Waals surface area contributed by atoms with Gasteiger partial charge in [-0.3, -0.25) is 0 Å². The monoisotopic (exact) mass is 304 g/mol. The Morgan fingerprint density at radius 3 is 2.56 bits per heavy atom. The Bertz CT molecular complexity index is 286. The van der Waals surface area contributed by atoms with Crippen molar-refractivity contribution >= 4 is 27.5 Å². The van der Waals surface area contributed by atoms with Gasteiger partial charge in [-0.15, -0.1) is 11.6 Å². The summed E-state index contributed by atoms with van der Waals surface area (Å²) in [5.41, 5.74) is 0. The lowest BCUT2D eigenvalue weighted by Gasteiger charge is -2.09. The van der Waals surface area contributed by atoms with E-state index in [1.165, 1.54) is 0 Å².